The number of carbonyl (C=O) groups is 2. The largest absolute Gasteiger partial charge is 0.435 e. The number of aryl methyl sites for hydroxylation is 1. The molecule has 28 heavy (non-hydrogen) atoms. The number of benzene rings is 2. The lowest BCUT2D eigenvalue weighted by atomic mass is 9.93. The molecule has 0 radical (unpaired) electrons. The van der Waals surface area contributed by atoms with E-state index in [-0.39, 0.29) is 18.2 Å². The maximum absolute atomic E-state index is 13.0. The van der Waals surface area contributed by atoms with Gasteiger partial charge in [0.25, 0.3) is 5.91 Å². The Morgan fingerprint density at radius 1 is 1.04 bits per heavy atom. The van der Waals surface area contributed by atoms with E-state index in [9.17, 15) is 22.8 Å². The molecule has 0 spiro atoms. The Morgan fingerprint density at radius 3 is 2.25 bits per heavy atom. The van der Waals surface area contributed by atoms with Crippen molar-refractivity contribution in [3.63, 3.8) is 0 Å². The molecule has 0 aliphatic carbocycles. The molecule has 1 unspecified atom stereocenters. The summed E-state index contributed by atoms with van der Waals surface area (Å²) in [4.78, 5) is 26.1. The van der Waals surface area contributed by atoms with Crippen LogP contribution in [0.25, 0.3) is 0 Å². The Labute approximate surface area is 160 Å². The van der Waals surface area contributed by atoms with E-state index in [0.29, 0.717) is 18.4 Å². The molecule has 0 saturated carbocycles. The summed E-state index contributed by atoms with van der Waals surface area (Å²) in [6.45, 7) is -1.19. The molecule has 1 saturated heterocycles. The zero-order chi connectivity index (χ0) is 20.3. The number of imide groups is 1. The van der Waals surface area contributed by atoms with Gasteiger partial charge in [0, 0.05) is 0 Å². The summed E-state index contributed by atoms with van der Waals surface area (Å²) < 4.78 is 41.7. The Bertz CT molecular complexity index is 856. The van der Waals surface area contributed by atoms with Crippen molar-refractivity contribution in [1.82, 2.24) is 10.2 Å². The molecule has 3 rings (SSSR count). The molecule has 8 heteroatoms. The van der Waals surface area contributed by atoms with Gasteiger partial charge in [-0.2, -0.15) is 8.78 Å². The van der Waals surface area contributed by atoms with Crippen LogP contribution in [0, 0.1) is 5.82 Å². The van der Waals surface area contributed by atoms with E-state index in [0.717, 1.165) is 10.5 Å². The average molecular weight is 392 g/mol. The van der Waals surface area contributed by atoms with Gasteiger partial charge in [0.05, 0.1) is 6.54 Å². The fourth-order valence-corrected chi connectivity index (χ4v) is 3.06. The Kier molecular flexibility index (Phi) is 5.58. The quantitative estimate of drug-likeness (QED) is 0.728. The zero-order valence-corrected chi connectivity index (χ0v) is 15.1. The minimum Gasteiger partial charge on any atom is -0.435 e. The van der Waals surface area contributed by atoms with E-state index in [1.807, 2.05) is 0 Å². The molecule has 1 heterocycles. The van der Waals surface area contributed by atoms with Crippen LogP contribution in [0.15, 0.2) is 48.5 Å². The second-order valence-corrected chi connectivity index (χ2v) is 6.80. The number of carbonyl (C=O) groups excluding carboxylic acids is 2. The van der Waals surface area contributed by atoms with Crippen molar-refractivity contribution in [1.29, 1.82) is 0 Å². The van der Waals surface area contributed by atoms with Crippen molar-refractivity contribution in [2.75, 3.05) is 0 Å². The molecule has 2 aromatic rings. The predicted molar refractivity (Wildman–Crippen MR) is 95.3 cm³/mol. The predicted octanol–water partition coefficient (Wildman–Crippen LogP) is 3.87. The number of ether oxygens (including phenoxy) is 1. The summed E-state index contributed by atoms with van der Waals surface area (Å²) in [5.41, 5.74) is 0.389. The summed E-state index contributed by atoms with van der Waals surface area (Å²) in [5.74, 6) is -0.698. The highest BCUT2D eigenvalue weighted by Crippen LogP contribution is 2.25. The average Bonchev–Trinajstić information content (AvgIpc) is 2.86. The van der Waals surface area contributed by atoms with Gasteiger partial charge in [-0.05, 0) is 55.2 Å². The molecule has 1 aliphatic rings. The number of rotatable bonds is 7. The number of nitrogens with one attached hydrogen (secondary N) is 1. The maximum Gasteiger partial charge on any atom is 0.387 e. The number of halogens is 3. The highest BCUT2D eigenvalue weighted by molar-refractivity contribution is 6.06. The van der Waals surface area contributed by atoms with Gasteiger partial charge in [-0.1, -0.05) is 24.3 Å². The topological polar surface area (TPSA) is 58.6 Å². The van der Waals surface area contributed by atoms with E-state index in [1.54, 1.807) is 19.1 Å². The third-order valence-electron chi connectivity index (χ3n) is 4.66. The molecule has 148 valence electrons. The van der Waals surface area contributed by atoms with Gasteiger partial charge in [0.15, 0.2) is 0 Å². The molecule has 5 nitrogen and oxygen atoms in total. The molecule has 1 atom stereocenters. The number of amides is 3. The van der Waals surface area contributed by atoms with E-state index in [4.69, 9.17) is 0 Å². The number of urea groups is 1. The van der Waals surface area contributed by atoms with Gasteiger partial charge < -0.3 is 10.1 Å². The Balaban J connectivity index is 1.63. The second-order valence-electron chi connectivity index (χ2n) is 6.80. The first-order valence-corrected chi connectivity index (χ1v) is 8.69. The van der Waals surface area contributed by atoms with Crippen molar-refractivity contribution in [3.05, 3.63) is 65.5 Å². The first kappa shape index (κ1) is 19.7. The van der Waals surface area contributed by atoms with Crippen LogP contribution in [0.4, 0.5) is 18.0 Å². The summed E-state index contributed by atoms with van der Waals surface area (Å²) in [6, 6.07) is 11.2. The first-order chi connectivity index (χ1) is 13.3. The molecular weight excluding hydrogens is 373 g/mol. The fraction of sp³-hybridized carbons (Fsp3) is 0.300. The van der Waals surface area contributed by atoms with Crippen molar-refractivity contribution < 1.29 is 27.5 Å². The molecule has 1 N–H and O–H groups in total. The lowest BCUT2D eigenvalue weighted by molar-refractivity contribution is -0.131. The van der Waals surface area contributed by atoms with Crippen molar-refractivity contribution >= 4 is 11.9 Å². The van der Waals surface area contributed by atoms with Gasteiger partial charge in [0.1, 0.15) is 17.1 Å². The smallest absolute Gasteiger partial charge is 0.387 e. The molecule has 1 aliphatic heterocycles. The second kappa shape index (κ2) is 7.92. The minimum atomic E-state index is -2.89. The number of hydrogen-bond acceptors (Lipinski definition) is 3. The van der Waals surface area contributed by atoms with Gasteiger partial charge in [0.2, 0.25) is 0 Å². The van der Waals surface area contributed by atoms with Crippen LogP contribution in [0.3, 0.4) is 0 Å². The Morgan fingerprint density at radius 2 is 1.64 bits per heavy atom. The van der Waals surface area contributed by atoms with Gasteiger partial charge >= 0.3 is 12.6 Å². The summed E-state index contributed by atoms with van der Waals surface area (Å²) in [7, 11) is 0. The Hall–Kier alpha value is -3.03. The normalized spacial score (nSPS) is 19.2. The van der Waals surface area contributed by atoms with Crippen LogP contribution in [0.1, 0.15) is 24.5 Å². The third kappa shape index (κ3) is 4.44. The van der Waals surface area contributed by atoms with Gasteiger partial charge in [-0.15, -0.1) is 0 Å². The number of nitrogens with zero attached hydrogens (tertiary/aromatic N) is 1. The van der Waals surface area contributed by atoms with Gasteiger partial charge in [-0.3, -0.25) is 9.69 Å². The van der Waals surface area contributed by atoms with Crippen LogP contribution < -0.4 is 10.1 Å². The molecule has 1 fully saturated rings. The lowest BCUT2D eigenvalue weighted by Gasteiger charge is -2.21. The highest BCUT2D eigenvalue weighted by atomic mass is 19.3. The van der Waals surface area contributed by atoms with Crippen LogP contribution >= 0.6 is 0 Å². The molecule has 3 amide bonds. The molecule has 0 bridgehead atoms. The van der Waals surface area contributed by atoms with Gasteiger partial charge in [-0.25, -0.2) is 9.18 Å². The molecular formula is C20H19F3N2O3. The molecule has 0 aromatic heterocycles. The lowest BCUT2D eigenvalue weighted by Crippen LogP contribution is -2.44. The van der Waals surface area contributed by atoms with Crippen LogP contribution in [0.5, 0.6) is 5.75 Å². The minimum absolute atomic E-state index is 0.0558. The van der Waals surface area contributed by atoms with E-state index in [2.05, 4.69) is 10.1 Å². The summed E-state index contributed by atoms with van der Waals surface area (Å²) >= 11 is 0. The molecule has 2 aromatic carbocycles. The van der Waals surface area contributed by atoms with E-state index >= 15 is 0 Å². The van der Waals surface area contributed by atoms with E-state index < -0.39 is 24.0 Å². The van der Waals surface area contributed by atoms with Crippen molar-refractivity contribution in [2.24, 2.45) is 0 Å². The highest BCUT2D eigenvalue weighted by Gasteiger charge is 2.47. The fourth-order valence-electron chi connectivity index (χ4n) is 3.06. The van der Waals surface area contributed by atoms with Crippen molar-refractivity contribution in [3.8, 4) is 5.75 Å². The number of alkyl halides is 2. The standard InChI is InChI=1S/C20H19F3N2O3/c1-20(11-10-13-4-8-16(9-5-13)28-18(22)23)17(26)25(19(27)24-20)12-14-2-6-15(21)7-3-14/h2-9,18H,10-12H2,1H3,(H,24,27). The third-order valence-corrected chi connectivity index (χ3v) is 4.66. The van der Waals surface area contributed by atoms with Crippen LogP contribution in [-0.4, -0.2) is 29.0 Å². The van der Waals surface area contributed by atoms with E-state index in [1.165, 1.54) is 36.4 Å². The van der Waals surface area contributed by atoms with Crippen LogP contribution in [0.2, 0.25) is 0 Å². The number of hydrogen-bond donors (Lipinski definition) is 1. The summed E-state index contributed by atoms with van der Waals surface area (Å²) in [6.07, 6.45) is 0.800. The first-order valence-electron chi connectivity index (χ1n) is 8.69. The zero-order valence-electron chi connectivity index (χ0n) is 15.1. The maximum atomic E-state index is 13.0. The summed E-state index contributed by atoms with van der Waals surface area (Å²) in [5, 5.41) is 2.71. The SMILES string of the molecule is CC1(CCc2ccc(OC(F)F)cc2)NC(=O)N(Cc2ccc(F)cc2)C1=O. The van der Waals surface area contributed by atoms with Crippen LogP contribution in [-0.2, 0) is 17.8 Å². The van der Waals surface area contributed by atoms with Crippen molar-refractivity contribution in [2.45, 2.75) is 38.5 Å². The monoisotopic (exact) mass is 392 g/mol.